The Hall–Kier alpha value is -3.84. The van der Waals surface area contributed by atoms with Crippen LogP contribution in [0.2, 0.25) is 0 Å². The number of benzene rings is 3. The van der Waals surface area contributed by atoms with Crippen molar-refractivity contribution in [3.05, 3.63) is 78.9 Å². The fraction of sp³-hybridized carbons (Fsp3) is 0.231. The molecule has 3 aromatic carbocycles. The molecule has 1 unspecified atom stereocenters. The Morgan fingerprint density at radius 1 is 0.909 bits per heavy atom. The molecule has 0 aliphatic heterocycles. The maximum Gasteiger partial charge on any atom is 0.415 e. The van der Waals surface area contributed by atoms with Gasteiger partial charge in [-0.3, -0.25) is 5.01 Å². The highest BCUT2D eigenvalue weighted by Gasteiger charge is 2.29. The minimum Gasteiger partial charge on any atom is -0.457 e. The molecule has 0 aliphatic carbocycles. The summed E-state index contributed by atoms with van der Waals surface area (Å²) in [5.74, 6) is -0.169. The molecular weight excluding hydrogens is 414 g/mol. The van der Waals surface area contributed by atoms with Crippen LogP contribution in [0.25, 0.3) is 0 Å². The maximum atomic E-state index is 12.8. The summed E-state index contributed by atoms with van der Waals surface area (Å²) in [6, 6.07) is 25.8. The Bertz CT molecular complexity index is 1080. The molecule has 0 fully saturated rings. The predicted octanol–water partition coefficient (Wildman–Crippen LogP) is 3.66. The van der Waals surface area contributed by atoms with Crippen molar-refractivity contribution in [2.24, 2.45) is 5.10 Å². The summed E-state index contributed by atoms with van der Waals surface area (Å²) in [6.07, 6.45) is 0. The number of ether oxygens (including phenoxy) is 1. The zero-order valence-corrected chi connectivity index (χ0v) is 19.9. The van der Waals surface area contributed by atoms with Crippen LogP contribution in [0.3, 0.4) is 0 Å². The number of hydrogen-bond donors (Lipinski definition) is 2. The number of hydrazone groups is 1. The van der Waals surface area contributed by atoms with Crippen molar-refractivity contribution in [3.8, 4) is 0 Å². The first-order valence-corrected chi connectivity index (χ1v) is 10.9. The van der Waals surface area contributed by atoms with Crippen molar-refractivity contribution in [1.29, 1.82) is 0 Å². The van der Waals surface area contributed by atoms with Gasteiger partial charge in [0.15, 0.2) is 5.69 Å². The summed E-state index contributed by atoms with van der Waals surface area (Å²) in [6.45, 7) is 2.07. The summed E-state index contributed by atoms with van der Waals surface area (Å²) in [4.78, 5) is 15.6. The molecule has 0 aliphatic rings. The third-order valence-electron chi connectivity index (χ3n) is 5.17. The van der Waals surface area contributed by atoms with Crippen molar-refractivity contribution in [2.45, 2.75) is 6.92 Å². The lowest BCUT2D eigenvalue weighted by atomic mass is 10.2. The first kappa shape index (κ1) is 23.8. The fourth-order valence-electron chi connectivity index (χ4n) is 3.43. The van der Waals surface area contributed by atoms with E-state index in [-0.39, 0.29) is 12.4 Å². The zero-order chi connectivity index (χ0) is 23.8. The number of rotatable bonds is 7. The molecule has 0 radical (unpaired) electrons. The molecule has 0 saturated carbocycles. The Balaban J connectivity index is 1.87. The van der Waals surface area contributed by atoms with E-state index in [1.54, 1.807) is 11.9 Å². The highest BCUT2D eigenvalue weighted by atomic mass is 16.5. The Labute approximate surface area is 195 Å². The molecule has 7 heteroatoms. The van der Waals surface area contributed by atoms with Gasteiger partial charge in [0.2, 0.25) is 0 Å². The lowest BCUT2D eigenvalue weighted by molar-refractivity contribution is -0.703. The van der Waals surface area contributed by atoms with E-state index in [9.17, 15) is 4.79 Å². The van der Waals surface area contributed by atoms with E-state index in [2.05, 4.69) is 10.4 Å². The normalized spacial score (nSPS) is 12.1. The van der Waals surface area contributed by atoms with Crippen LogP contribution >= 0.6 is 0 Å². The average Bonchev–Trinajstić information content (AvgIpc) is 2.83. The number of nitrogens with one attached hydrogen (secondary N) is 2. The number of amidine groups is 1. The average molecular weight is 447 g/mol. The summed E-state index contributed by atoms with van der Waals surface area (Å²) in [7, 11) is 7.68. The third-order valence-corrected chi connectivity index (χ3v) is 5.17. The van der Waals surface area contributed by atoms with Crippen molar-refractivity contribution in [3.63, 3.8) is 0 Å². The molecule has 0 saturated heterocycles. The first-order chi connectivity index (χ1) is 15.9. The number of hydrogen-bond acceptors (Lipinski definition) is 6. The third kappa shape index (κ3) is 6.11. The van der Waals surface area contributed by atoms with Crippen LogP contribution in [0, 0.1) is 0 Å². The molecule has 0 heterocycles. The lowest BCUT2D eigenvalue weighted by Crippen LogP contribution is -3.08. The van der Waals surface area contributed by atoms with Gasteiger partial charge in [0, 0.05) is 38.6 Å². The second-order valence-corrected chi connectivity index (χ2v) is 7.77. The van der Waals surface area contributed by atoms with Gasteiger partial charge in [-0.05, 0) is 49.4 Å². The van der Waals surface area contributed by atoms with Gasteiger partial charge >= 0.3 is 11.8 Å². The molecule has 0 bridgehead atoms. The first-order valence-electron chi connectivity index (χ1n) is 10.9. The highest BCUT2D eigenvalue weighted by Crippen LogP contribution is 2.22. The van der Waals surface area contributed by atoms with E-state index in [4.69, 9.17) is 4.74 Å². The summed E-state index contributed by atoms with van der Waals surface area (Å²) in [5, 5.41) is 9.72. The molecule has 0 amide bonds. The number of carbonyl (C=O) groups excluding carboxylic acids is 1. The van der Waals surface area contributed by atoms with Crippen LogP contribution in [0.1, 0.15) is 6.92 Å². The van der Waals surface area contributed by atoms with Crippen LogP contribution < -0.4 is 20.1 Å². The molecule has 2 N–H and O–H groups in total. The zero-order valence-electron chi connectivity index (χ0n) is 19.9. The van der Waals surface area contributed by atoms with Gasteiger partial charge < -0.3 is 15.0 Å². The number of likely N-dealkylation sites (N-methyl/N-ethyl adjacent to an activating group) is 1. The Morgan fingerprint density at radius 3 is 2.15 bits per heavy atom. The number of para-hydroxylation sites is 3. The number of quaternary nitrogens is 1. The van der Waals surface area contributed by atoms with Crippen LogP contribution in [-0.4, -0.2) is 46.6 Å². The van der Waals surface area contributed by atoms with Gasteiger partial charge in [-0.15, -0.1) is 5.10 Å². The molecule has 0 aromatic heterocycles. The minimum absolute atomic E-state index is 0.278. The molecule has 3 aromatic rings. The Kier molecular flexibility index (Phi) is 8.05. The van der Waals surface area contributed by atoms with Crippen molar-refractivity contribution in [1.82, 2.24) is 0 Å². The summed E-state index contributed by atoms with van der Waals surface area (Å²) < 4.78 is 5.33. The SMILES string of the molecule is CCOC(=O)/C(=N\N(C)c1ccc(Nc2ccccc2)cc1)[NH+](C)c1ccccc1N(C)C. The van der Waals surface area contributed by atoms with E-state index in [1.807, 2.05) is 112 Å². The highest BCUT2D eigenvalue weighted by molar-refractivity contribution is 6.31. The van der Waals surface area contributed by atoms with Crippen LogP contribution in [-0.2, 0) is 9.53 Å². The van der Waals surface area contributed by atoms with Gasteiger partial charge in [-0.2, -0.15) is 0 Å². The smallest absolute Gasteiger partial charge is 0.415 e. The summed E-state index contributed by atoms with van der Waals surface area (Å²) >= 11 is 0. The number of esters is 1. The molecule has 1 atom stereocenters. The standard InChI is InChI=1S/C26H31N5O2/c1-6-33-26(32)25(30(4)24-15-11-10-14-23(24)29(2)3)28-31(5)22-18-16-21(17-19-22)27-20-12-8-7-9-13-20/h7-19,27H,6H2,1-5H3/p+1/b28-25+. The lowest BCUT2D eigenvalue weighted by Gasteiger charge is -2.22. The number of nitrogens with zero attached hydrogens (tertiary/aromatic N) is 3. The largest absolute Gasteiger partial charge is 0.457 e. The fourth-order valence-corrected chi connectivity index (χ4v) is 3.43. The van der Waals surface area contributed by atoms with Gasteiger partial charge in [0.05, 0.1) is 25.0 Å². The topological polar surface area (TPSA) is 61.6 Å². The van der Waals surface area contributed by atoms with E-state index in [1.165, 1.54) is 0 Å². The van der Waals surface area contributed by atoms with Gasteiger partial charge in [0.1, 0.15) is 0 Å². The molecule has 33 heavy (non-hydrogen) atoms. The van der Waals surface area contributed by atoms with Crippen molar-refractivity contribution >= 4 is 40.2 Å². The van der Waals surface area contributed by atoms with E-state index in [0.717, 1.165) is 33.3 Å². The second-order valence-electron chi connectivity index (χ2n) is 7.77. The monoisotopic (exact) mass is 446 g/mol. The summed E-state index contributed by atoms with van der Waals surface area (Å²) in [5.41, 5.74) is 4.78. The molecule has 0 spiro atoms. The van der Waals surface area contributed by atoms with Crippen LogP contribution in [0.15, 0.2) is 84.0 Å². The number of anilines is 4. The van der Waals surface area contributed by atoms with E-state index < -0.39 is 5.97 Å². The van der Waals surface area contributed by atoms with Crippen LogP contribution in [0.5, 0.6) is 0 Å². The molecular formula is C26H32N5O2+. The van der Waals surface area contributed by atoms with Crippen molar-refractivity contribution in [2.75, 3.05) is 50.0 Å². The quantitative estimate of drug-likeness (QED) is 0.251. The van der Waals surface area contributed by atoms with E-state index in [0.29, 0.717) is 0 Å². The number of carbonyl (C=O) groups is 1. The molecule has 7 nitrogen and oxygen atoms in total. The molecule has 172 valence electrons. The predicted molar refractivity (Wildman–Crippen MR) is 136 cm³/mol. The maximum absolute atomic E-state index is 12.8. The van der Waals surface area contributed by atoms with Gasteiger partial charge in [-0.25, -0.2) is 9.69 Å². The van der Waals surface area contributed by atoms with Crippen molar-refractivity contribution < 1.29 is 14.4 Å². The van der Waals surface area contributed by atoms with Crippen LogP contribution in [0.4, 0.5) is 28.4 Å². The van der Waals surface area contributed by atoms with Gasteiger partial charge in [-0.1, -0.05) is 30.3 Å². The van der Waals surface area contributed by atoms with E-state index >= 15 is 0 Å². The molecule has 3 rings (SSSR count). The Morgan fingerprint density at radius 2 is 1.52 bits per heavy atom. The minimum atomic E-state index is -0.447. The van der Waals surface area contributed by atoms with Gasteiger partial charge in [0.25, 0.3) is 0 Å². The second kappa shape index (κ2) is 11.2.